The van der Waals surface area contributed by atoms with Crippen LogP contribution in [0.5, 0.6) is 0 Å². The van der Waals surface area contributed by atoms with E-state index in [9.17, 15) is 0 Å². The molecule has 2 heteroatoms. The first-order valence-corrected chi connectivity index (χ1v) is 8.33. The number of nitrogens with one attached hydrogen (secondary N) is 1. The summed E-state index contributed by atoms with van der Waals surface area (Å²) in [5.41, 5.74) is 2.54. The van der Waals surface area contributed by atoms with Gasteiger partial charge in [0, 0.05) is 17.2 Å². The Morgan fingerprint density at radius 3 is 2.50 bits per heavy atom. The molecule has 1 saturated carbocycles. The molecule has 0 radical (unpaired) electrons. The number of ether oxygens (including phenoxy) is 1. The second-order valence-corrected chi connectivity index (χ2v) is 6.33. The van der Waals surface area contributed by atoms with Gasteiger partial charge < -0.3 is 10.1 Å². The second kappa shape index (κ2) is 5.77. The molecule has 110 valence electrons. The lowest BCUT2D eigenvalue weighted by atomic mass is 9.82. The Balaban J connectivity index is 1.91. The van der Waals surface area contributed by atoms with Crippen LogP contribution < -0.4 is 5.32 Å². The van der Waals surface area contributed by atoms with E-state index in [0.29, 0.717) is 5.92 Å². The number of fused-ring (bicyclic) bond motifs is 1. The van der Waals surface area contributed by atoms with Crippen LogP contribution in [-0.4, -0.2) is 6.23 Å². The molecule has 2 nitrogen and oxygen atoms in total. The largest absolute Gasteiger partial charge is 0.360 e. The van der Waals surface area contributed by atoms with E-state index in [2.05, 4.69) is 43.4 Å². The summed E-state index contributed by atoms with van der Waals surface area (Å²) in [6, 6.07) is 8.70. The van der Waals surface area contributed by atoms with Gasteiger partial charge in [-0.1, -0.05) is 51.3 Å². The van der Waals surface area contributed by atoms with Gasteiger partial charge in [0.2, 0.25) is 0 Å². The van der Waals surface area contributed by atoms with E-state index in [1.807, 2.05) is 0 Å². The number of hydrogen-bond acceptors (Lipinski definition) is 2. The maximum atomic E-state index is 6.63. The quantitative estimate of drug-likeness (QED) is 0.832. The SMILES string of the molecule is CCC1(CC)O[C@H](C2CCCCC2)Nc2ccccc21. The first kappa shape index (κ1) is 13.9. The Morgan fingerprint density at radius 1 is 1.10 bits per heavy atom. The standard InChI is InChI=1S/C18H27NO/c1-3-18(4-2)15-12-8-9-13-16(15)19-17(20-18)14-10-6-5-7-11-14/h8-9,12-14,17,19H,3-7,10-11H2,1-2H3/t17-/m1/s1. The van der Waals surface area contributed by atoms with Gasteiger partial charge in [-0.2, -0.15) is 0 Å². The Labute approximate surface area is 122 Å². The predicted molar refractivity (Wildman–Crippen MR) is 83.8 cm³/mol. The van der Waals surface area contributed by atoms with Crippen molar-refractivity contribution in [2.75, 3.05) is 5.32 Å². The van der Waals surface area contributed by atoms with E-state index in [-0.39, 0.29) is 11.8 Å². The molecule has 1 aromatic rings. The Morgan fingerprint density at radius 2 is 1.80 bits per heavy atom. The van der Waals surface area contributed by atoms with E-state index >= 15 is 0 Å². The molecular weight excluding hydrogens is 246 g/mol. The number of benzene rings is 1. The summed E-state index contributed by atoms with van der Waals surface area (Å²) in [7, 11) is 0. The van der Waals surface area contributed by atoms with E-state index in [1.54, 1.807) is 0 Å². The summed E-state index contributed by atoms with van der Waals surface area (Å²) in [5, 5.41) is 3.67. The lowest BCUT2D eigenvalue weighted by Crippen LogP contribution is -2.46. The molecule has 1 atom stereocenters. The van der Waals surface area contributed by atoms with Gasteiger partial charge in [0.05, 0.1) is 5.60 Å². The minimum Gasteiger partial charge on any atom is -0.360 e. The van der Waals surface area contributed by atoms with Crippen LogP contribution in [-0.2, 0) is 10.3 Å². The molecule has 1 aromatic carbocycles. The molecule has 1 fully saturated rings. The smallest absolute Gasteiger partial charge is 0.131 e. The predicted octanol–water partition coefficient (Wildman–Crippen LogP) is 5.05. The van der Waals surface area contributed by atoms with Gasteiger partial charge in [0.25, 0.3) is 0 Å². The fraction of sp³-hybridized carbons (Fsp3) is 0.667. The van der Waals surface area contributed by atoms with Crippen molar-refractivity contribution < 1.29 is 4.74 Å². The minimum atomic E-state index is -0.0933. The van der Waals surface area contributed by atoms with Crippen LogP contribution in [0.1, 0.15) is 64.4 Å². The van der Waals surface area contributed by atoms with Crippen molar-refractivity contribution in [2.24, 2.45) is 5.92 Å². The van der Waals surface area contributed by atoms with Gasteiger partial charge in [0.1, 0.15) is 6.23 Å². The topological polar surface area (TPSA) is 21.3 Å². The molecule has 0 saturated heterocycles. The zero-order valence-electron chi connectivity index (χ0n) is 12.8. The van der Waals surface area contributed by atoms with Crippen LogP contribution >= 0.6 is 0 Å². The number of para-hydroxylation sites is 1. The molecule has 1 heterocycles. The van der Waals surface area contributed by atoms with Gasteiger partial charge in [-0.05, 0) is 31.7 Å². The Hall–Kier alpha value is -1.02. The molecular formula is C18H27NO. The fourth-order valence-electron chi connectivity index (χ4n) is 3.94. The highest BCUT2D eigenvalue weighted by atomic mass is 16.5. The van der Waals surface area contributed by atoms with Crippen molar-refractivity contribution in [1.29, 1.82) is 0 Å². The lowest BCUT2D eigenvalue weighted by molar-refractivity contribution is -0.125. The monoisotopic (exact) mass is 273 g/mol. The molecule has 1 N–H and O–H groups in total. The van der Waals surface area contributed by atoms with Gasteiger partial charge in [-0.25, -0.2) is 0 Å². The first-order valence-electron chi connectivity index (χ1n) is 8.33. The van der Waals surface area contributed by atoms with Crippen molar-refractivity contribution in [3.63, 3.8) is 0 Å². The zero-order valence-corrected chi connectivity index (χ0v) is 12.8. The van der Waals surface area contributed by atoms with Crippen LogP contribution in [0.2, 0.25) is 0 Å². The molecule has 1 aliphatic carbocycles. The molecule has 20 heavy (non-hydrogen) atoms. The second-order valence-electron chi connectivity index (χ2n) is 6.33. The van der Waals surface area contributed by atoms with Crippen LogP contribution in [0.25, 0.3) is 0 Å². The maximum absolute atomic E-state index is 6.63. The molecule has 2 aliphatic rings. The molecule has 0 aromatic heterocycles. The highest BCUT2D eigenvalue weighted by Gasteiger charge is 2.41. The summed E-state index contributed by atoms with van der Waals surface area (Å²) in [4.78, 5) is 0. The van der Waals surface area contributed by atoms with Gasteiger partial charge in [-0.15, -0.1) is 0 Å². The van der Waals surface area contributed by atoms with Crippen molar-refractivity contribution >= 4 is 5.69 Å². The minimum absolute atomic E-state index is 0.0933. The Kier molecular flexibility index (Phi) is 4.02. The molecule has 0 spiro atoms. The van der Waals surface area contributed by atoms with Gasteiger partial charge >= 0.3 is 0 Å². The summed E-state index contributed by atoms with van der Waals surface area (Å²) in [6.07, 6.45) is 9.03. The van der Waals surface area contributed by atoms with E-state index < -0.39 is 0 Å². The van der Waals surface area contributed by atoms with Crippen LogP contribution in [0.15, 0.2) is 24.3 Å². The average molecular weight is 273 g/mol. The van der Waals surface area contributed by atoms with Crippen molar-refractivity contribution in [2.45, 2.75) is 70.6 Å². The summed E-state index contributed by atoms with van der Waals surface area (Å²) >= 11 is 0. The summed E-state index contributed by atoms with van der Waals surface area (Å²) in [5.74, 6) is 0.676. The van der Waals surface area contributed by atoms with Crippen molar-refractivity contribution in [3.8, 4) is 0 Å². The van der Waals surface area contributed by atoms with Crippen molar-refractivity contribution in [3.05, 3.63) is 29.8 Å². The first-order chi connectivity index (χ1) is 9.79. The van der Waals surface area contributed by atoms with E-state index in [4.69, 9.17) is 4.74 Å². The zero-order chi connectivity index (χ0) is 14.0. The lowest BCUT2D eigenvalue weighted by Gasteiger charge is -2.46. The van der Waals surface area contributed by atoms with E-state index in [1.165, 1.54) is 43.4 Å². The molecule has 0 bridgehead atoms. The third-order valence-electron chi connectivity index (χ3n) is 5.29. The van der Waals surface area contributed by atoms with Gasteiger partial charge in [-0.3, -0.25) is 0 Å². The third-order valence-corrected chi connectivity index (χ3v) is 5.29. The number of hydrogen-bond donors (Lipinski definition) is 1. The van der Waals surface area contributed by atoms with Crippen LogP contribution in [0.3, 0.4) is 0 Å². The van der Waals surface area contributed by atoms with Crippen LogP contribution in [0, 0.1) is 5.92 Å². The maximum Gasteiger partial charge on any atom is 0.131 e. The molecule has 0 amide bonds. The fourth-order valence-corrected chi connectivity index (χ4v) is 3.94. The molecule has 3 rings (SSSR count). The number of anilines is 1. The average Bonchev–Trinajstić information content (AvgIpc) is 2.54. The molecule has 1 aliphatic heterocycles. The van der Waals surface area contributed by atoms with Crippen molar-refractivity contribution in [1.82, 2.24) is 0 Å². The normalized spacial score (nSPS) is 25.8. The van der Waals surface area contributed by atoms with Gasteiger partial charge in [0.15, 0.2) is 0 Å². The van der Waals surface area contributed by atoms with Crippen LogP contribution in [0.4, 0.5) is 5.69 Å². The van der Waals surface area contributed by atoms with E-state index in [0.717, 1.165) is 12.8 Å². The Bertz CT molecular complexity index is 446. The molecule has 0 unspecified atom stereocenters. The highest BCUT2D eigenvalue weighted by molar-refractivity contribution is 5.56. The third kappa shape index (κ3) is 2.35. The summed E-state index contributed by atoms with van der Waals surface area (Å²) in [6.45, 7) is 4.51. The summed E-state index contributed by atoms with van der Waals surface area (Å²) < 4.78 is 6.63. The number of rotatable bonds is 3. The highest BCUT2D eigenvalue weighted by Crippen LogP contribution is 2.44.